The highest BCUT2D eigenvalue weighted by molar-refractivity contribution is 9.10. The van der Waals surface area contributed by atoms with Crippen molar-refractivity contribution in [1.82, 2.24) is 0 Å². The van der Waals surface area contributed by atoms with Crippen molar-refractivity contribution in [2.75, 3.05) is 25.6 Å². The smallest absolute Gasteiger partial charge is 0.156 e. The lowest BCUT2D eigenvalue weighted by Gasteiger charge is -2.10. The van der Waals surface area contributed by atoms with Gasteiger partial charge in [0.2, 0.25) is 0 Å². The topological polar surface area (TPSA) is 44.5 Å². The van der Waals surface area contributed by atoms with E-state index >= 15 is 0 Å². The van der Waals surface area contributed by atoms with Gasteiger partial charge in [0.15, 0.2) is 5.75 Å². The van der Waals surface area contributed by atoms with E-state index in [-0.39, 0.29) is 0 Å². The predicted molar refractivity (Wildman–Crippen MR) is 65.2 cm³/mol. The summed E-state index contributed by atoms with van der Waals surface area (Å²) in [7, 11) is 0. The van der Waals surface area contributed by atoms with Crippen LogP contribution in [-0.2, 0) is 4.74 Å². The normalized spacial score (nSPS) is 10.3. The Morgan fingerprint density at radius 3 is 2.73 bits per heavy atom. The van der Waals surface area contributed by atoms with Crippen LogP contribution in [0.4, 0.5) is 5.69 Å². The van der Waals surface area contributed by atoms with Gasteiger partial charge in [0, 0.05) is 6.61 Å². The van der Waals surface area contributed by atoms with Crippen molar-refractivity contribution in [3.05, 3.63) is 22.7 Å². The van der Waals surface area contributed by atoms with Gasteiger partial charge in [-0.1, -0.05) is 13.0 Å². The highest BCUT2D eigenvalue weighted by Crippen LogP contribution is 2.30. The van der Waals surface area contributed by atoms with E-state index in [0.29, 0.717) is 24.7 Å². The lowest BCUT2D eigenvalue weighted by molar-refractivity contribution is 0.101. The zero-order valence-electron chi connectivity index (χ0n) is 8.83. The van der Waals surface area contributed by atoms with Crippen LogP contribution < -0.4 is 10.5 Å². The second-order valence-corrected chi connectivity index (χ2v) is 3.97. The van der Waals surface area contributed by atoms with E-state index in [2.05, 4.69) is 22.9 Å². The Morgan fingerprint density at radius 2 is 2.07 bits per heavy atom. The number of ether oxygens (including phenoxy) is 2. The van der Waals surface area contributed by atoms with Crippen LogP contribution in [0.1, 0.15) is 13.3 Å². The van der Waals surface area contributed by atoms with Gasteiger partial charge in [-0.15, -0.1) is 0 Å². The molecule has 1 aromatic rings. The zero-order chi connectivity index (χ0) is 11.1. The number of rotatable bonds is 6. The molecule has 2 N–H and O–H groups in total. The molecule has 0 aromatic heterocycles. The molecule has 0 fully saturated rings. The number of halogens is 1. The van der Waals surface area contributed by atoms with E-state index in [9.17, 15) is 0 Å². The summed E-state index contributed by atoms with van der Waals surface area (Å²) in [5, 5.41) is 0. The van der Waals surface area contributed by atoms with Crippen LogP contribution in [0.25, 0.3) is 0 Å². The minimum atomic E-state index is 0.521. The second kappa shape index (κ2) is 6.69. The summed E-state index contributed by atoms with van der Waals surface area (Å²) in [6, 6.07) is 5.59. The van der Waals surface area contributed by atoms with Gasteiger partial charge in [0.25, 0.3) is 0 Å². The number of anilines is 1. The molecule has 4 heteroatoms. The number of hydrogen-bond donors (Lipinski definition) is 1. The number of nitrogen functional groups attached to an aromatic ring is 1. The van der Waals surface area contributed by atoms with Crippen molar-refractivity contribution < 1.29 is 9.47 Å². The van der Waals surface area contributed by atoms with E-state index < -0.39 is 0 Å². The minimum absolute atomic E-state index is 0.521. The van der Waals surface area contributed by atoms with Crippen LogP contribution in [-0.4, -0.2) is 19.8 Å². The molecule has 0 aliphatic rings. The van der Waals surface area contributed by atoms with E-state index in [4.69, 9.17) is 15.2 Å². The lowest BCUT2D eigenvalue weighted by Crippen LogP contribution is -2.08. The predicted octanol–water partition coefficient (Wildman–Crippen LogP) is 2.84. The van der Waals surface area contributed by atoms with Crippen LogP contribution in [0.5, 0.6) is 5.75 Å². The highest BCUT2D eigenvalue weighted by Gasteiger charge is 2.04. The van der Waals surface area contributed by atoms with Crippen LogP contribution in [0, 0.1) is 0 Å². The molecular formula is C11H16BrNO2. The SMILES string of the molecule is CCCOCCOc1c(N)cccc1Br. The lowest BCUT2D eigenvalue weighted by atomic mass is 10.3. The molecule has 84 valence electrons. The molecule has 0 aliphatic carbocycles. The molecule has 1 rings (SSSR count). The maximum absolute atomic E-state index is 5.77. The van der Waals surface area contributed by atoms with Gasteiger partial charge >= 0.3 is 0 Å². The first kappa shape index (κ1) is 12.3. The second-order valence-electron chi connectivity index (χ2n) is 3.12. The molecule has 0 unspecified atom stereocenters. The van der Waals surface area contributed by atoms with E-state index in [1.54, 1.807) is 0 Å². The maximum Gasteiger partial charge on any atom is 0.156 e. The first-order valence-corrected chi connectivity index (χ1v) is 5.79. The van der Waals surface area contributed by atoms with Crippen molar-refractivity contribution in [1.29, 1.82) is 0 Å². The number of para-hydroxylation sites is 1. The van der Waals surface area contributed by atoms with Gasteiger partial charge in [-0.2, -0.15) is 0 Å². The highest BCUT2D eigenvalue weighted by atomic mass is 79.9. The summed E-state index contributed by atoms with van der Waals surface area (Å²) in [5.41, 5.74) is 6.41. The molecule has 1 aromatic carbocycles. The first-order chi connectivity index (χ1) is 7.25. The van der Waals surface area contributed by atoms with Gasteiger partial charge in [0.05, 0.1) is 16.8 Å². The van der Waals surface area contributed by atoms with E-state index in [0.717, 1.165) is 17.5 Å². The summed E-state index contributed by atoms with van der Waals surface area (Å²) in [5.74, 6) is 0.692. The Morgan fingerprint density at radius 1 is 1.27 bits per heavy atom. The van der Waals surface area contributed by atoms with Crippen molar-refractivity contribution in [2.24, 2.45) is 0 Å². The quantitative estimate of drug-likeness (QED) is 0.640. The minimum Gasteiger partial charge on any atom is -0.488 e. The average molecular weight is 274 g/mol. The van der Waals surface area contributed by atoms with Crippen LogP contribution in [0.2, 0.25) is 0 Å². The molecule has 0 amide bonds. The Kier molecular flexibility index (Phi) is 5.50. The third kappa shape index (κ3) is 4.10. The van der Waals surface area contributed by atoms with Gasteiger partial charge in [-0.25, -0.2) is 0 Å². The van der Waals surface area contributed by atoms with Gasteiger partial charge < -0.3 is 15.2 Å². The Labute approximate surface area is 98.7 Å². The summed E-state index contributed by atoms with van der Waals surface area (Å²) >= 11 is 3.38. The monoisotopic (exact) mass is 273 g/mol. The first-order valence-electron chi connectivity index (χ1n) is 5.00. The fourth-order valence-electron chi connectivity index (χ4n) is 1.13. The van der Waals surface area contributed by atoms with Crippen molar-refractivity contribution in [2.45, 2.75) is 13.3 Å². The fourth-order valence-corrected chi connectivity index (χ4v) is 1.62. The number of nitrogens with two attached hydrogens (primary N) is 1. The molecule has 0 radical (unpaired) electrons. The number of benzene rings is 1. The fraction of sp³-hybridized carbons (Fsp3) is 0.455. The molecule has 0 heterocycles. The molecule has 0 bridgehead atoms. The van der Waals surface area contributed by atoms with E-state index in [1.165, 1.54) is 0 Å². The van der Waals surface area contributed by atoms with Gasteiger partial charge in [-0.3, -0.25) is 0 Å². The third-order valence-corrected chi connectivity index (χ3v) is 2.44. The van der Waals surface area contributed by atoms with Crippen molar-refractivity contribution in [3.63, 3.8) is 0 Å². The zero-order valence-corrected chi connectivity index (χ0v) is 10.4. The summed E-state index contributed by atoms with van der Waals surface area (Å²) in [6.45, 7) is 3.96. The summed E-state index contributed by atoms with van der Waals surface area (Å²) in [4.78, 5) is 0. The molecule has 15 heavy (non-hydrogen) atoms. The number of hydrogen-bond acceptors (Lipinski definition) is 3. The van der Waals surface area contributed by atoms with Gasteiger partial charge in [0.1, 0.15) is 6.61 Å². The Bertz CT molecular complexity index is 284. The Balaban J connectivity index is 2.37. The molecule has 0 saturated heterocycles. The molecule has 0 aliphatic heterocycles. The molecule has 0 spiro atoms. The maximum atomic E-state index is 5.77. The van der Waals surface area contributed by atoms with Crippen LogP contribution >= 0.6 is 15.9 Å². The molecule has 0 atom stereocenters. The van der Waals surface area contributed by atoms with E-state index in [1.807, 2.05) is 18.2 Å². The molecule has 0 saturated carbocycles. The molecule has 3 nitrogen and oxygen atoms in total. The largest absolute Gasteiger partial charge is 0.488 e. The van der Waals surface area contributed by atoms with Crippen molar-refractivity contribution >= 4 is 21.6 Å². The van der Waals surface area contributed by atoms with Crippen LogP contribution in [0.3, 0.4) is 0 Å². The third-order valence-electron chi connectivity index (χ3n) is 1.82. The summed E-state index contributed by atoms with van der Waals surface area (Å²) in [6.07, 6.45) is 1.02. The molecular weight excluding hydrogens is 258 g/mol. The summed E-state index contributed by atoms with van der Waals surface area (Å²) < 4.78 is 11.7. The van der Waals surface area contributed by atoms with Crippen molar-refractivity contribution in [3.8, 4) is 5.75 Å². The van der Waals surface area contributed by atoms with Gasteiger partial charge in [-0.05, 0) is 34.5 Å². The Hall–Kier alpha value is -0.740. The van der Waals surface area contributed by atoms with Crippen LogP contribution in [0.15, 0.2) is 22.7 Å². The average Bonchev–Trinajstić information content (AvgIpc) is 2.21. The standard InChI is InChI=1S/C11H16BrNO2/c1-2-6-14-7-8-15-11-9(12)4-3-5-10(11)13/h3-5H,2,6-8,13H2,1H3.